The second kappa shape index (κ2) is 5.58. The second-order valence-corrected chi connectivity index (χ2v) is 5.54. The molecule has 0 unspecified atom stereocenters. The maximum absolute atomic E-state index is 12.8. The molecular weight excluding hydrogens is 221 g/mol. The van der Waals surface area contributed by atoms with Crippen molar-refractivity contribution in [3.05, 3.63) is 29.6 Å². The number of hydrogen-bond acceptors (Lipinski definition) is 2. The molecule has 0 amide bonds. The van der Waals surface area contributed by atoms with Gasteiger partial charge < -0.3 is 5.73 Å². The van der Waals surface area contributed by atoms with E-state index in [0.29, 0.717) is 5.69 Å². The third-order valence-electron chi connectivity index (χ3n) is 3.19. The fraction of sp³-hybridized carbons (Fsp3) is 0.538. The number of thioether (sulfide) groups is 1. The highest BCUT2D eigenvalue weighted by atomic mass is 32.2. The summed E-state index contributed by atoms with van der Waals surface area (Å²) in [6.45, 7) is 0. The van der Waals surface area contributed by atoms with Crippen LogP contribution in [0.3, 0.4) is 0 Å². The first kappa shape index (κ1) is 11.8. The molecule has 3 heteroatoms. The third-order valence-corrected chi connectivity index (χ3v) is 4.42. The SMILES string of the molecule is Nc1cc(F)ccc1CSCC1CCCC1. The molecule has 2 N–H and O–H groups in total. The Bertz CT molecular complexity index is 348. The van der Waals surface area contributed by atoms with Crippen molar-refractivity contribution in [2.24, 2.45) is 5.92 Å². The predicted molar refractivity (Wildman–Crippen MR) is 68.9 cm³/mol. The molecule has 1 saturated carbocycles. The lowest BCUT2D eigenvalue weighted by Crippen LogP contribution is -1.99. The zero-order valence-corrected chi connectivity index (χ0v) is 10.2. The van der Waals surface area contributed by atoms with E-state index in [4.69, 9.17) is 5.73 Å². The van der Waals surface area contributed by atoms with Crippen molar-refractivity contribution in [1.29, 1.82) is 0 Å². The van der Waals surface area contributed by atoms with Gasteiger partial charge in [0.1, 0.15) is 5.82 Å². The minimum absolute atomic E-state index is 0.248. The van der Waals surface area contributed by atoms with E-state index >= 15 is 0 Å². The van der Waals surface area contributed by atoms with Crippen LogP contribution in [-0.4, -0.2) is 5.75 Å². The average Bonchev–Trinajstić information content (AvgIpc) is 2.74. The van der Waals surface area contributed by atoms with Crippen molar-refractivity contribution in [1.82, 2.24) is 0 Å². The maximum Gasteiger partial charge on any atom is 0.125 e. The van der Waals surface area contributed by atoms with Crippen molar-refractivity contribution >= 4 is 17.4 Å². The van der Waals surface area contributed by atoms with Gasteiger partial charge in [0.05, 0.1) is 0 Å². The summed E-state index contributed by atoms with van der Waals surface area (Å²) in [4.78, 5) is 0. The molecule has 1 aliphatic rings. The minimum Gasteiger partial charge on any atom is -0.398 e. The zero-order valence-electron chi connectivity index (χ0n) is 9.42. The number of benzene rings is 1. The fourth-order valence-electron chi connectivity index (χ4n) is 2.21. The molecule has 1 nitrogen and oxygen atoms in total. The largest absolute Gasteiger partial charge is 0.398 e. The Hall–Kier alpha value is -0.700. The first-order chi connectivity index (χ1) is 7.75. The van der Waals surface area contributed by atoms with Crippen molar-refractivity contribution < 1.29 is 4.39 Å². The van der Waals surface area contributed by atoms with Crippen LogP contribution in [0.2, 0.25) is 0 Å². The highest BCUT2D eigenvalue weighted by Crippen LogP contribution is 2.29. The number of rotatable bonds is 4. The molecule has 0 saturated heterocycles. The topological polar surface area (TPSA) is 26.0 Å². The normalized spacial score (nSPS) is 16.8. The number of nitrogens with two attached hydrogens (primary N) is 1. The van der Waals surface area contributed by atoms with Crippen LogP contribution in [0.1, 0.15) is 31.2 Å². The highest BCUT2D eigenvalue weighted by Gasteiger charge is 2.14. The molecule has 16 heavy (non-hydrogen) atoms. The van der Waals surface area contributed by atoms with E-state index in [9.17, 15) is 4.39 Å². The number of nitrogen functional groups attached to an aromatic ring is 1. The summed E-state index contributed by atoms with van der Waals surface area (Å²) >= 11 is 1.92. The Kier molecular flexibility index (Phi) is 4.10. The van der Waals surface area contributed by atoms with Gasteiger partial charge in [-0.05, 0) is 42.2 Å². The summed E-state index contributed by atoms with van der Waals surface area (Å²) in [7, 11) is 0. The summed E-state index contributed by atoms with van der Waals surface area (Å²) in [5.41, 5.74) is 7.40. The lowest BCUT2D eigenvalue weighted by atomic mass is 10.1. The molecule has 0 atom stereocenters. The summed E-state index contributed by atoms with van der Waals surface area (Å²) in [6, 6.07) is 4.69. The van der Waals surface area contributed by atoms with Gasteiger partial charge >= 0.3 is 0 Å². The van der Waals surface area contributed by atoms with Gasteiger partial charge in [0.2, 0.25) is 0 Å². The molecule has 1 aliphatic carbocycles. The molecule has 0 aliphatic heterocycles. The van der Waals surface area contributed by atoms with E-state index in [-0.39, 0.29) is 5.82 Å². The number of hydrogen-bond donors (Lipinski definition) is 1. The van der Waals surface area contributed by atoms with Crippen LogP contribution in [0, 0.1) is 11.7 Å². The van der Waals surface area contributed by atoms with Crippen LogP contribution in [0.4, 0.5) is 10.1 Å². The molecule has 0 heterocycles. The van der Waals surface area contributed by atoms with E-state index in [1.807, 2.05) is 11.8 Å². The van der Waals surface area contributed by atoms with Gasteiger partial charge in [-0.25, -0.2) is 4.39 Å². The van der Waals surface area contributed by atoms with Gasteiger partial charge in [-0.15, -0.1) is 0 Å². The summed E-state index contributed by atoms with van der Waals surface area (Å²) < 4.78 is 12.8. The van der Waals surface area contributed by atoms with Crippen LogP contribution < -0.4 is 5.73 Å². The highest BCUT2D eigenvalue weighted by molar-refractivity contribution is 7.98. The molecule has 1 fully saturated rings. The van der Waals surface area contributed by atoms with Crippen LogP contribution >= 0.6 is 11.8 Å². The average molecular weight is 239 g/mol. The van der Waals surface area contributed by atoms with E-state index in [2.05, 4.69) is 0 Å². The Morgan fingerprint density at radius 2 is 2.06 bits per heavy atom. The lowest BCUT2D eigenvalue weighted by Gasteiger charge is -2.09. The van der Waals surface area contributed by atoms with Crippen LogP contribution in [0.25, 0.3) is 0 Å². The van der Waals surface area contributed by atoms with E-state index in [1.165, 1.54) is 43.6 Å². The molecule has 0 bridgehead atoms. The number of anilines is 1. The van der Waals surface area contributed by atoms with Crippen molar-refractivity contribution in [2.75, 3.05) is 11.5 Å². The first-order valence-corrected chi connectivity index (χ1v) is 7.03. The minimum atomic E-state index is -0.248. The molecule has 1 aromatic rings. The van der Waals surface area contributed by atoms with Gasteiger partial charge in [-0.1, -0.05) is 18.9 Å². The Labute approximate surface area is 101 Å². The predicted octanol–water partition coefficient (Wildman–Crippen LogP) is 3.83. The monoisotopic (exact) mass is 239 g/mol. The van der Waals surface area contributed by atoms with Crippen molar-refractivity contribution in [3.8, 4) is 0 Å². The van der Waals surface area contributed by atoms with Gasteiger partial charge in [0, 0.05) is 11.4 Å². The number of halogens is 1. The van der Waals surface area contributed by atoms with E-state index in [0.717, 1.165) is 17.2 Å². The van der Waals surface area contributed by atoms with Crippen LogP contribution in [0.15, 0.2) is 18.2 Å². The van der Waals surface area contributed by atoms with E-state index < -0.39 is 0 Å². The Morgan fingerprint density at radius 1 is 1.31 bits per heavy atom. The molecule has 0 aromatic heterocycles. The second-order valence-electron chi connectivity index (χ2n) is 4.51. The molecule has 0 radical (unpaired) electrons. The fourth-order valence-corrected chi connectivity index (χ4v) is 3.48. The molecule has 0 spiro atoms. The standard InChI is InChI=1S/C13H18FNS/c14-12-6-5-11(13(15)7-12)9-16-8-10-3-1-2-4-10/h5-7,10H,1-4,8-9,15H2. The summed E-state index contributed by atoms with van der Waals surface area (Å²) in [6.07, 6.45) is 5.55. The summed E-state index contributed by atoms with van der Waals surface area (Å²) in [5, 5.41) is 0. The molecule has 1 aromatic carbocycles. The summed E-state index contributed by atoms with van der Waals surface area (Å²) in [5.74, 6) is 2.77. The van der Waals surface area contributed by atoms with Gasteiger partial charge in [0.15, 0.2) is 0 Å². The van der Waals surface area contributed by atoms with Crippen molar-refractivity contribution in [2.45, 2.75) is 31.4 Å². The van der Waals surface area contributed by atoms with Gasteiger partial charge in [-0.2, -0.15) is 11.8 Å². The van der Waals surface area contributed by atoms with Crippen molar-refractivity contribution in [3.63, 3.8) is 0 Å². The molecule has 2 rings (SSSR count). The molecular formula is C13H18FNS. The van der Waals surface area contributed by atoms with Gasteiger partial charge in [-0.3, -0.25) is 0 Å². The zero-order chi connectivity index (χ0) is 11.4. The Morgan fingerprint density at radius 3 is 2.75 bits per heavy atom. The van der Waals surface area contributed by atoms with Gasteiger partial charge in [0.25, 0.3) is 0 Å². The quantitative estimate of drug-likeness (QED) is 0.808. The van der Waals surface area contributed by atoms with Crippen LogP contribution in [0.5, 0.6) is 0 Å². The third kappa shape index (κ3) is 3.14. The molecule has 88 valence electrons. The smallest absolute Gasteiger partial charge is 0.125 e. The van der Waals surface area contributed by atoms with E-state index in [1.54, 1.807) is 6.07 Å². The van der Waals surface area contributed by atoms with Crippen LogP contribution in [-0.2, 0) is 5.75 Å². The lowest BCUT2D eigenvalue weighted by molar-refractivity contribution is 0.623. The Balaban J connectivity index is 1.80. The maximum atomic E-state index is 12.8. The first-order valence-electron chi connectivity index (χ1n) is 5.87.